The molecule has 2 aliphatic heterocycles. The second kappa shape index (κ2) is 14.3. The molecule has 1 saturated heterocycles. The standard InChI is InChI=1S/C33H41N5O5.ClH/c1-5-42-31(40)29-28(25-8-6-7-9-26(25)35-29)23-13-18-38(19-14-23)30(39)24-11-16-37(17-12-24)21-22-10-15-34-27(20-22)36-32(41)43-33(2,3)4;/h6-10,13,15,20,24,35H,5,11-12,14,16-19,21H2,1-4H3,(H,34,36,41);1H. The van der Waals surface area contributed by atoms with Crippen LogP contribution >= 0.6 is 12.4 Å². The normalized spacial score (nSPS) is 16.2. The van der Waals surface area contributed by atoms with E-state index in [-0.39, 0.29) is 30.2 Å². The number of amides is 2. The summed E-state index contributed by atoms with van der Waals surface area (Å²) in [4.78, 5) is 50.1. The number of anilines is 1. The monoisotopic (exact) mass is 623 g/mol. The quantitative estimate of drug-likeness (QED) is 0.308. The second-order valence-electron chi connectivity index (χ2n) is 12.1. The van der Waals surface area contributed by atoms with Crippen molar-refractivity contribution in [2.75, 3.05) is 38.1 Å². The zero-order chi connectivity index (χ0) is 30.6. The van der Waals surface area contributed by atoms with Crippen molar-refractivity contribution in [1.29, 1.82) is 0 Å². The Morgan fingerprint density at radius 1 is 1.09 bits per heavy atom. The number of halogens is 1. The number of rotatable bonds is 7. The molecule has 3 aromatic rings. The highest BCUT2D eigenvalue weighted by molar-refractivity contribution is 6.05. The van der Waals surface area contributed by atoms with Gasteiger partial charge in [0.1, 0.15) is 17.1 Å². The summed E-state index contributed by atoms with van der Waals surface area (Å²) < 4.78 is 10.6. The fourth-order valence-corrected chi connectivity index (χ4v) is 5.83. The number of carbonyl (C=O) groups is 3. The van der Waals surface area contributed by atoms with Gasteiger partial charge < -0.3 is 19.4 Å². The van der Waals surface area contributed by atoms with Crippen molar-refractivity contribution in [1.82, 2.24) is 19.8 Å². The predicted molar refractivity (Wildman–Crippen MR) is 173 cm³/mol. The summed E-state index contributed by atoms with van der Waals surface area (Å²) in [6.07, 6.45) is 5.52. The molecule has 4 heterocycles. The van der Waals surface area contributed by atoms with Gasteiger partial charge in [-0.05, 0) is 89.4 Å². The lowest BCUT2D eigenvalue weighted by atomic mass is 9.92. The van der Waals surface area contributed by atoms with Crippen LogP contribution in [0.2, 0.25) is 0 Å². The van der Waals surface area contributed by atoms with Crippen LogP contribution in [0.15, 0.2) is 48.7 Å². The Morgan fingerprint density at radius 2 is 1.84 bits per heavy atom. The van der Waals surface area contributed by atoms with Crippen molar-refractivity contribution < 1.29 is 23.9 Å². The van der Waals surface area contributed by atoms with E-state index in [4.69, 9.17) is 9.47 Å². The Morgan fingerprint density at radius 3 is 2.52 bits per heavy atom. The molecule has 44 heavy (non-hydrogen) atoms. The molecule has 0 unspecified atom stereocenters. The van der Waals surface area contributed by atoms with Crippen LogP contribution in [0.4, 0.5) is 10.6 Å². The van der Waals surface area contributed by atoms with E-state index in [2.05, 4.69) is 26.3 Å². The number of piperidine rings is 1. The molecule has 2 amide bonds. The number of likely N-dealkylation sites (tertiary alicyclic amines) is 1. The largest absolute Gasteiger partial charge is 0.461 e. The number of pyridine rings is 1. The molecule has 1 aromatic carbocycles. The van der Waals surface area contributed by atoms with Gasteiger partial charge in [-0.2, -0.15) is 0 Å². The minimum absolute atomic E-state index is 0. The summed E-state index contributed by atoms with van der Waals surface area (Å²) in [5.74, 6) is 0.293. The summed E-state index contributed by atoms with van der Waals surface area (Å²) in [6.45, 7) is 11.1. The van der Waals surface area contributed by atoms with Crippen LogP contribution in [-0.4, -0.2) is 76.1 Å². The lowest BCUT2D eigenvalue weighted by Crippen LogP contribution is -2.43. The number of esters is 1. The van der Waals surface area contributed by atoms with E-state index in [9.17, 15) is 14.4 Å². The molecule has 236 valence electrons. The molecule has 0 radical (unpaired) electrons. The first kappa shape index (κ1) is 33.0. The highest BCUT2D eigenvalue weighted by Gasteiger charge is 2.31. The van der Waals surface area contributed by atoms with Crippen LogP contribution in [0, 0.1) is 5.92 Å². The van der Waals surface area contributed by atoms with Crippen LogP contribution < -0.4 is 5.32 Å². The SMILES string of the molecule is CCOC(=O)c1[nH]c2ccccc2c1C1=CCN(C(=O)C2CCN(Cc3ccnc(NC(=O)OC(C)(C)C)c3)CC2)CC1.Cl. The maximum atomic E-state index is 13.5. The Hall–Kier alpha value is -3.89. The molecule has 11 heteroatoms. The van der Waals surface area contributed by atoms with Crippen molar-refractivity contribution in [2.45, 2.75) is 59.1 Å². The van der Waals surface area contributed by atoms with E-state index in [1.807, 2.05) is 62.1 Å². The number of benzene rings is 1. The fraction of sp³-hybridized carbons (Fsp3) is 0.455. The van der Waals surface area contributed by atoms with E-state index in [0.717, 1.165) is 60.1 Å². The number of aromatic amines is 1. The number of ether oxygens (including phenoxy) is 2. The van der Waals surface area contributed by atoms with Crippen LogP contribution in [-0.2, 0) is 20.8 Å². The van der Waals surface area contributed by atoms with Gasteiger partial charge in [0, 0.05) is 48.2 Å². The van der Waals surface area contributed by atoms with Crippen molar-refractivity contribution >= 4 is 52.7 Å². The smallest absolute Gasteiger partial charge is 0.413 e. The molecule has 0 saturated carbocycles. The molecule has 0 aliphatic carbocycles. The number of fused-ring (bicyclic) bond motifs is 1. The van der Waals surface area contributed by atoms with Gasteiger partial charge in [-0.15, -0.1) is 12.4 Å². The minimum atomic E-state index is -0.582. The molecule has 0 atom stereocenters. The van der Waals surface area contributed by atoms with Crippen LogP contribution in [0.3, 0.4) is 0 Å². The van der Waals surface area contributed by atoms with E-state index in [1.54, 1.807) is 13.1 Å². The number of aromatic nitrogens is 2. The van der Waals surface area contributed by atoms with Gasteiger partial charge in [-0.25, -0.2) is 14.6 Å². The van der Waals surface area contributed by atoms with Crippen LogP contribution in [0.25, 0.3) is 16.5 Å². The molecule has 2 aromatic heterocycles. The first-order valence-electron chi connectivity index (χ1n) is 15.0. The molecule has 0 bridgehead atoms. The van der Waals surface area contributed by atoms with Gasteiger partial charge in [0.15, 0.2) is 0 Å². The topological polar surface area (TPSA) is 117 Å². The fourth-order valence-electron chi connectivity index (χ4n) is 5.83. The van der Waals surface area contributed by atoms with E-state index >= 15 is 0 Å². The maximum Gasteiger partial charge on any atom is 0.413 e. The molecule has 10 nitrogen and oxygen atoms in total. The van der Waals surface area contributed by atoms with Crippen molar-refractivity contribution in [3.63, 3.8) is 0 Å². The summed E-state index contributed by atoms with van der Waals surface area (Å²) in [5.41, 5.74) is 3.78. The number of hydrogen-bond acceptors (Lipinski definition) is 7. The second-order valence-corrected chi connectivity index (χ2v) is 12.1. The predicted octanol–water partition coefficient (Wildman–Crippen LogP) is 6.04. The zero-order valence-corrected chi connectivity index (χ0v) is 26.7. The molecule has 1 fully saturated rings. The Bertz CT molecular complexity index is 1520. The van der Waals surface area contributed by atoms with Gasteiger partial charge in [0.05, 0.1) is 6.61 Å². The average Bonchev–Trinajstić information content (AvgIpc) is 3.36. The average molecular weight is 624 g/mol. The first-order chi connectivity index (χ1) is 20.6. The van der Waals surface area contributed by atoms with Gasteiger partial charge in [-0.1, -0.05) is 24.3 Å². The maximum absolute atomic E-state index is 13.5. The summed E-state index contributed by atoms with van der Waals surface area (Å²) in [6, 6.07) is 11.7. The van der Waals surface area contributed by atoms with Crippen molar-refractivity contribution in [3.05, 3.63) is 65.5 Å². The van der Waals surface area contributed by atoms with Gasteiger partial charge in [-0.3, -0.25) is 15.0 Å². The zero-order valence-electron chi connectivity index (χ0n) is 25.9. The van der Waals surface area contributed by atoms with E-state index in [1.165, 1.54) is 0 Å². The lowest BCUT2D eigenvalue weighted by molar-refractivity contribution is -0.136. The number of nitrogens with one attached hydrogen (secondary N) is 2. The molecule has 0 spiro atoms. The van der Waals surface area contributed by atoms with E-state index in [0.29, 0.717) is 37.6 Å². The number of nitrogens with zero attached hydrogens (tertiary/aromatic N) is 3. The number of H-pyrrole nitrogens is 1. The third kappa shape index (κ3) is 7.98. The molecule has 2 aliphatic rings. The number of carbonyl (C=O) groups excluding carboxylic acids is 3. The lowest BCUT2D eigenvalue weighted by Gasteiger charge is -2.35. The van der Waals surface area contributed by atoms with Crippen molar-refractivity contribution in [3.8, 4) is 0 Å². The summed E-state index contributed by atoms with van der Waals surface area (Å²) in [7, 11) is 0. The van der Waals surface area contributed by atoms with Crippen LogP contribution in [0.5, 0.6) is 0 Å². The Balaban J connectivity index is 0.00000442. The minimum Gasteiger partial charge on any atom is -0.461 e. The van der Waals surface area contributed by atoms with Gasteiger partial charge in [0.2, 0.25) is 5.91 Å². The highest BCUT2D eigenvalue weighted by Crippen LogP contribution is 2.34. The summed E-state index contributed by atoms with van der Waals surface area (Å²) in [5, 5.41) is 3.69. The van der Waals surface area contributed by atoms with Crippen molar-refractivity contribution in [2.24, 2.45) is 5.92 Å². The Kier molecular flexibility index (Phi) is 10.7. The van der Waals surface area contributed by atoms with Gasteiger partial charge in [0.25, 0.3) is 0 Å². The molecule has 5 rings (SSSR count). The van der Waals surface area contributed by atoms with E-state index < -0.39 is 11.7 Å². The molecular formula is C33H42ClN5O5. The van der Waals surface area contributed by atoms with Crippen LogP contribution in [0.1, 0.15) is 68.6 Å². The number of hydrogen-bond donors (Lipinski definition) is 2. The Labute approximate surface area is 264 Å². The molecule has 2 N–H and O–H groups in total. The summed E-state index contributed by atoms with van der Waals surface area (Å²) >= 11 is 0. The third-order valence-corrected chi connectivity index (χ3v) is 7.82. The van der Waals surface area contributed by atoms with Gasteiger partial charge >= 0.3 is 12.1 Å². The molecular weight excluding hydrogens is 582 g/mol. The third-order valence-electron chi connectivity index (χ3n) is 7.82. The number of para-hydroxylation sites is 1. The first-order valence-corrected chi connectivity index (χ1v) is 15.0. The highest BCUT2D eigenvalue weighted by atomic mass is 35.5.